The molecule has 30 heavy (non-hydrogen) atoms. The number of fused-ring (bicyclic) bond motifs is 2. The highest BCUT2D eigenvalue weighted by molar-refractivity contribution is 7.90. The van der Waals surface area contributed by atoms with Crippen LogP contribution in [0.5, 0.6) is 11.5 Å². The number of ether oxygens (including phenoxy) is 2. The molecule has 0 spiro atoms. The van der Waals surface area contributed by atoms with Gasteiger partial charge in [0.05, 0.1) is 16.8 Å². The fraction of sp³-hybridized carbons (Fsp3) is 0.105. The summed E-state index contributed by atoms with van der Waals surface area (Å²) in [5.41, 5.74) is 8.13. The van der Waals surface area contributed by atoms with Gasteiger partial charge in [0.1, 0.15) is 5.82 Å². The zero-order valence-electron chi connectivity index (χ0n) is 15.5. The molecule has 2 aromatic heterocycles. The lowest BCUT2D eigenvalue weighted by molar-refractivity contribution is 0.174. The number of benzene rings is 2. The van der Waals surface area contributed by atoms with Gasteiger partial charge in [-0.15, -0.1) is 5.10 Å². The van der Waals surface area contributed by atoms with E-state index in [4.69, 9.17) is 26.8 Å². The first-order chi connectivity index (χ1) is 14.3. The molecule has 1 aliphatic heterocycles. The summed E-state index contributed by atoms with van der Waals surface area (Å²) in [4.78, 5) is 8.44. The highest BCUT2D eigenvalue weighted by atomic mass is 35.5. The number of sulfone groups is 1. The number of nitrogen functional groups attached to an aromatic ring is 1. The molecule has 11 heteroatoms. The van der Waals surface area contributed by atoms with Gasteiger partial charge in [0.2, 0.25) is 21.8 Å². The first-order valence-electron chi connectivity index (χ1n) is 8.73. The largest absolute Gasteiger partial charge is 0.454 e. The molecular weight excluding hydrogens is 430 g/mol. The Morgan fingerprint density at radius 2 is 1.80 bits per heavy atom. The maximum atomic E-state index is 12.2. The molecular formula is C19H14ClN5O4S. The highest BCUT2D eigenvalue weighted by Crippen LogP contribution is 2.39. The number of rotatable bonds is 3. The lowest BCUT2D eigenvalue weighted by atomic mass is 10.1. The van der Waals surface area contributed by atoms with Crippen LogP contribution in [-0.2, 0) is 9.84 Å². The van der Waals surface area contributed by atoms with Crippen molar-refractivity contribution in [2.45, 2.75) is 5.16 Å². The number of anilines is 1. The van der Waals surface area contributed by atoms with Crippen molar-refractivity contribution in [3.8, 4) is 28.4 Å². The summed E-state index contributed by atoms with van der Waals surface area (Å²) in [6.07, 6.45) is 1.04. The van der Waals surface area contributed by atoms with Crippen LogP contribution in [0.15, 0.2) is 47.6 Å². The van der Waals surface area contributed by atoms with E-state index in [9.17, 15) is 8.42 Å². The van der Waals surface area contributed by atoms with Crippen molar-refractivity contribution in [2.75, 3.05) is 18.8 Å². The molecule has 2 aromatic carbocycles. The van der Waals surface area contributed by atoms with E-state index < -0.39 is 9.84 Å². The maximum Gasteiger partial charge on any atom is 0.249 e. The van der Waals surface area contributed by atoms with Gasteiger partial charge in [0, 0.05) is 16.8 Å². The van der Waals surface area contributed by atoms with E-state index in [-0.39, 0.29) is 23.4 Å². The molecule has 9 nitrogen and oxygen atoms in total. The number of aromatic nitrogens is 4. The zero-order chi connectivity index (χ0) is 21.0. The molecule has 152 valence electrons. The van der Waals surface area contributed by atoms with Gasteiger partial charge in [-0.1, -0.05) is 11.6 Å². The van der Waals surface area contributed by atoms with Gasteiger partial charge in [0.15, 0.2) is 17.1 Å². The van der Waals surface area contributed by atoms with Crippen LogP contribution in [-0.4, -0.2) is 41.2 Å². The predicted octanol–water partition coefficient (Wildman–Crippen LogP) is 2.85. The van der Waals surface area contributed by atoms with Crippen LogP contribution in [0, 0.1) is 0 Å². The number of hydrogen-bond acceptors (Lipinski definition) is 8. The second-order valence-electron chi connectivity index (χ2n) is 6.67. The molecule has 5 rings (SSSR count). The van der Waals surface area contributed by atoms with E-state index in [0.717, 1.165) is 6.26 Å². The van der Waals surface area contributed by atoms with E-state index in [1.165, 1.54) is 4.68 Å². The van der Waals surface area contributed by atoms with Crippen LogP contribution >= 0.6 is 11.6 Å². The van der Waals surface area contributed by atoms with Crippen molar-refractivity contribution in [3.05, 3.63) is 47.5 Å². The Morgan fingerprint density at radius 1 is 1.07 bits per heavy atom. The van der Waals surface area contributed by atoms with E-state index >= 15 is 0 Å². The number of halogens is 1. The average molecular weight is 444 g/mol. The quantitative estimate of drug-likeness (QED) is 0.479. The van der Waals surface area contributed by atoms with Crippen LogP contribution in [0.2, 0.25) is 5.02 Å². The fourth-order valence-corrected chi connectivity index (χ4v) is 3.82. The molecule has 0 aliphatic carbocycles. The van der Waals surface area contributed by atoms with Crippen molar-refractivity contribution in [1.82, 2.24) is 19.7 Å². The fourth-order valence-electron chi connectivity index (χ4n) is 3.19. The van der Waals surface area contributed by atoms with Crippen molar-refractivity contribution in [2.24, 2.45) is 0 Å². The highest BCUT2D eigenvalue weighted by Gasteiger charge is 2.24. The molecule has 0 radical (unpaired) electrons. The van der Waals surface area contributed by atoms with Crippen molar-refractivity contribution in [3.63, 3.8) is 0 Å². The third kappa shape index (κ3) is 3.01. The van der Waals surface area contributed by atoms with Gasteiger partial charge in [-0.2, -0.15) is 4.98 Å². The molecule has 0 unspecified atom stereocenters. The number of hydrogen-bond donors (Lipinski definition) is 1. The summed E-state index contributed by atoms with van der Waals surface area (Å²) < 4.78 is 36.6. The molecule has 0 saturated carbocycles. The molecule has 0 saturated heterocycles. The summed E-state index contributed by atoms with van der Waals surface area (Å²) in [7, 11) is -3.70. The molecule has 0 atom stereocenters. The molecule has 1 aliphatic rings. The Bertz CT molecular complexity index is 1420. The summed E-state index contributed by atoms with van der Waals surface area (Å²) in [6, 6.07) is 12.1. The standard InChI is InChI=1S/C19H14ClN5O4S/c1-30(26,27)19-22-16(10-2-7-13-14(8-10)29-9-28-13)15-17(21)25(24-18(15)23-19)12-5-3-11(20)4-6-12/h2-8H,9,21H2,1H3. The minimum atomic E-state index is -3.70. The minimum Gasteiger partial charge on any atom is -0.454 e. The SMILES string of the molecule is CS(=O)(=O)c1nc(-c2ccc3c(c2)OCO3)c2c(N)n(-c3ccc(Cl)cc3)nc2n1. The molecule has 0 amide bonds. The normalized spacial score (nSPS) is 13.1. The predicted molar refractivity (Wildman–Crippen MR) is 111 cm³/mol. The summed E-state index contributed by atoms with van der Waals surface area (Å²) in [5, 5.41) is 5.07. The van der Waals surface area contributed by atoms with Crippen molar-refractivity contribution >= 4 is 38.3 Å². The van der Waals surface area contributed by atoms with E-state index in [1.807, 2.05) is 0 Å². The van der Waals surface area contributed by atoms with Crippen LogP contribution in [0.4, 0.5) is 5.82 Å². The Morgan fingerprint density at radius 3 is 2.53 bits per heavy atom. The smallest absolute Gasteiger partial charge is 0.249 e. The first kappa shape index (κ1) is 18.6. The Balaban J connectivity index is 1.81. The van der Waals surface area contributed by atoms with Gasteiger partial charge in [-0.3, -0.25) is 0 Å². The Kier molecular flexibility index (Phi) is 4.09. The third-order valence-corrected chi connectivity index (χ3v) is 5.70. The van der Waals surface area contributed by atoms with Gasteiger partial charge in [-0.05, 0) is 42.5 Å². The van der Waals surface area contributed by atoms with Crippen LogP contribution in [0.3, 0.4) is 0 Å². The summed E-state index contributed by atoms with van der Waals surface area (Å²) >= 11 is 5.97. The van der Waals surface area contributed by atoms with Gasteiger partial charge < -0.3 is 15.2 Å². The molecule has 4 aromatic rings. The Labute approximate surface area is 175 Å². The van der Waals surface area contributed by atoms with E-state index in [0.29, 0.717) is 38.9 Å². The second-order valence-corrected chi connectivity index (χ2v) is 9.01. The van der Waals surface area contributed by atoms with Crippen LogP contribution in [0.25, 0.3) is 28.0 Å². The van der Waals surface area contributed by atoms with E-state index in [2.05, 4.69) is 15.1 Å². The van der Waals surface area contributed by atoms with Gasteiger partial charge >= 0.3 is 0 Å². The Hall–Kier alpha value is -3.37. The first-order valence-corrected chi connectivity index (χ1v) is 11.0. The second kappa shape index (κ2) is 6.57. The molecule has 0 bridgehead atoms. The summed E-state index contributed by atoms with van der Waals surface area (Å²) in [6.45, 7) is 0.114. The topological polar surface area (TPSA) is 122 Å². The average Bonchev–Trinajstić information content (AvgIpc) is 3.31. The summed E-state index contributed by atoms with van der Waals surface area (Å²) in [5.74, 6) is 1.39. The maximum absolute atomic E-state index is 12.2. The van der Waals surface area contributed by atoms with Crippen LogP contribution < -0.4 is 15.2 Å². The number of nitrogens with two attached hydrogens (primary N) is 1. The zero-order valence-corrected chi connectivity index (χ0v) is 17.1. The molecule has 2 N–H and O–H groups in total. The van der Waals surface area contributed by atoms with Crippen molar-refractivity contribution < 1.29 is 17.9 Å². The molecule has 0 fully saturated rings. The minimum absolute atomic E-state index is 0.114. The van der Waals surface area contributed by atoms with Crippen molar-refractivity contribution in [1.29, 1.82) is 0 Å². The van der Waals surface area contributed by atoms with Crippen LogP contribution in [0.1, 0.15) is 0 Å². The van der Waals surface area contributed by atoms with Gasteiger partial charge in [-0.25, -0.2) is 18.1 Å². The third-order valence-electron chi connectivity index (χ3n) is 4.60. The molecule has 3 heterocycles. The lowest BCUT2D eigenvalue weighted by Crippen LogP contribution is -2.05. The van der Waals surface area contributed by atoms with Gasteiger partial charge in [0.25, 0.3) is 0 Å². The number of nitrogens with zero attached hydrogens (tertiary/aromatic N) is 4. The van der Waals surface area contributed by atoms with E-state index in [1.54, 1.807) is 42.5 Å². The monoisotopic (exact) mass is 443 g/mol. The lowest BCUT2D eigenvalue weighted by Gasteiger charge is -2.07.